The van der Waals surface area contributed by atoms with E-state index < -0.39 is 5.60 Å². The topological polar surface area (TPSA) is 55.3 Å². The van der Waals surface area contributed by atoms with Crippen LogP contribution in [0.4, 0.5) is 4.79 Å². The molecule has 0 N–H and O–H groups in total. The second kappa shape index (κ2) is 6.97. The van der Waals surface area contributed by atoms with E-state index in [9.17, 15) is 4.79 Å². The number of likely N-dealkylation sites (tertiary alicyclic amines) is 1. The van der Waals surface area contributed by atoms with Crippen molar-refractivity contribution < 1.29 is 9.53 Å². The van der Waals surface area contributed by atoms with Gasteiger partial charge in [-0.15, -0.1) is 11.8 Å². The number of hydrogen-bond donors (Lipinski definition) is 0. The summed E-state index contributed by atoms with van der Waals surface area (Å²) in [5.74, 6) is 0.812. The Morgan fingerprint density at radius 2 is 2.08 bits per heavy atom. The summed E-state index contributed by atoms with van der Waals surface area (Å²) in [6.07, 6.45) is 3.62. The molecule has 0 spiro atoms. The molecule has 1 saturated heterocycles. The molecule has 24 heavy (non-hydrogen) atoms. The Labute approximate surface area is 146 Å². The summed E-state index contributed by atoms with van der Waals surface area (Å²) in [5, 5.41) is 0.893. The summed E-state index contributed by atoms with van der Waals surface area (Å²) in [6, 6.07) is 8.04. The van der Waals surface area contributed by atoms with Crippen molar-refractivity contribution in [1.29, 1.82) is 0 Å². The molecule has 3 rings (SSSR count). The third kappa shape index (κ3) is 4.17. The standard InChI is InChI=1S/C18H23N3O2S/c1-18(2,3)23-17(22)21-10-6-7-13(21)12-24-16-11-19-14-8-4-5-9-15(14)20-16/h4-5,8-9,11,13H,6-7,10,12H2,1-3H3/t13-/m1/s1. The molecule has 2 heterocycles. The molecular weight excluding hydrogens is 322 g/mol. The van der Waals surface area contributed by atoms with Crippen LogP contribution in [0.2, 0.25) is 0 Å². The van der Waals surface area contributed by atoms with Crippen molar-refractivity contribution in [2.24, 2.45) is 0 Å². The van der Waals surface area contributed by atoms with E-state index in [0.29, 0.717) is 0 Å². The summed E-state index contributed by atoms with van der Waals surface area (Å²) < 4.78 is 5.51. The van der Waals surface area contributed by atoms with Gasteiger partial charge in [0.1, 0.15) is 10.6 Å². The number of rotatable bonds is 3. The van der Waals surface area contributed by atoms with Crippen LogP contribution in [0.3, 0.4) is 0 Å². The summed E-state index contributed by atoms with van der Waals surface area (Å²) >= 11 is 1.65. The van der Waals surface area contributed by atoms with Gasteiger partial charge >= 0.3 is 6.09 Å². The van der Waals surface area contributed by atoms with Crippen LogP contribution >= 0.6 is 11.8 Å². The van der Waals surface area contributed by atoms with Gasteiger partial charge < -0.3 is 9.64 Å². The number of fused-ring (bicyclic) bond motifs is 1. The molecule has 0 bridgehead atoms. The van der Waals surface area contributed by atoms with Gasteiger partial charge in [0.25, 0.3) is 0 Å². The highest BCUT2D eigenvalue weighted by atomic mass is 32.2. The fourth-order valence-corrected chi connectivity index (χ4v) is 3.76. The second-order valence-electron chi connectivity index (χ2n) is 6.98. The van der Waals surface area contributed by atoms with Crippen LogP contribution in [0, 0.1) is 0 Å². The van der Waals surface area contributed by atoms with Crippen molar-refractivity contribution in [2.75, 3.05) is 12.3 Å². The van der Waals surface area contributed by atoms with Gasteiger partial charge in [0.15, 0.2) is 0 Å². The van der Waals surface area contributed by atoms with Gasteiger partial charge in [0.05, 0.1) is 17.2 Å². The highest BCUT2D eigenvalue weighted by Gasteiger charge is 2.32. The van der Waals surface area contributed by atoms with Crippen molar-refractivity contribution in [3.8, 4) is 0 Å². The molecule has 1 aromatic carbocycles. The number of aromatic nitrogens is 2. The molecule has 1 aliphatic heterocycles. The van der Waals surface area contributed by atoms with E-state index in [1.54, 1.807) is 18.0 Å². The smallest absolute Gasteiger partial charge is 0.410 e. The number of hydrogen-bond acceptors (Lipinski definition) is 5. The molecule has 6 heteroatoms. The first-order valence-electron chi connectivity index (χ1n) is 8.26. The normalized spacial score (nSPS) is 18.1. The number of thioether (sulfide) groups is 1. The minimum Gasteiger partial charge on any atom is -0.444 e. The molecule has 1 fully saturated rings. The third-order valence-electron chi connectivity index (χ3n) is 3.86. The Kier molecular flexibility index (Phi) is 4.94. The predicted octanol–water partition coefficient (Wildman–Crippen LogP) is 4.12. The molecule has 0 saturated carbocycles. The van der Waals surface area contributed by atoms with E-state index in [1.807, 2.05) is 49.9 Å². The van der Waals surface area contributed by atoms with Crippen LogP contribution in [0.15, 0.2) is 35.5 Å². The zero-order chi connectivity index (χ0) is 17.2. The van der Waals surface area contributed by atoms with Crippen LogP contribution in [0.5, 0.6) is 0 Å². The van der Waals surface area contributed by atoms with Crippen LogP contribution < -0.4 is 0 Å². The molecule has 0 unspecified atom stereocenters. The van der Waals surface area contributed by atoms with Crippen molar-refractivity contribution in [3.05, 3.63) is 30.5 Å². The average Bonchev–Trinajstić information content (AvgIpc) is 3.00. The van der Waals surface area contributed by atoms with Crippen LogP contribution in [-0.2, 0) is 4.74 Å². The molecule has 0 aliphatic carbocycles. The van der Waals surface area contributed by atoms with Gasteiger partial charge in [-0.25, -0.2) is 9.78 Å². The van der Waals surface area contributed by atoms with Crippen molar-refractivity contribution in [3.63, 3.8) is 0 Å². The van der Waals surface area contributed by atoms with Gasteiger partial charge in [0, 0.05) is 18.3 Å². The van der Waals surface area contributed by atoms with E-state index >= 15 is 0 Å². The van der Waals surface area contributed by atoms with E-state index in [-0.39, 0.29) is 12.1 Å². The first-order valence-corrected chi connectivity index (χ1v) is 9.25. The molecule has 1 amide bonds. The molecule has 1 aliphatic rings. The monoisotopic (exact) mass is 345 g/mol. The Bertz CT molecular complexity index is 730. The lowest BCUT2D eigenvalue weighted by Crippen LogP contribution is -2.40. The maximum Gasteiger partial charge on any atom is 0.410 e. The minimum atomic E-state index is -0.457. The van der Waals surface area contributed by atoms with E-state index in [2.05, 4.69) is 9.97 Å². The Morgan fingerprint density at radius 3 is 2.83 bits per heavy atom. The fraction of sp³-hybridized carbons (Fsp3) is 0.500. The number of para-hydroxylation sites is 2. The minimum absolute atomic E-state index is 0.193. The van der Waals surface area contributed by atoms with Gasteiger partial charge in [-0.05, 0) is 45.7 Å². The molecule has 5 nitrogen and oxygen atoms in total. The number of nitrogens with zero attached hydrogens (tertiary/aromatic N) is 3. The SMILES string of the molecule is CC(C)(C)OC(=O)N1CCC[C@@H]1CSc1cnc2ccccc2n1. The van der Waals surface area contributed by atoms with Crippen molar-refractivity contribution in [1.82, 2.24) is 14.9 Å². The van der Waals surface area contributed by atoms with E-state index in [4.69, 9.17) is 4.74 Å². The Balaban J connectivity index is 1.63. The first kappa shape index (κ1) is 17.0. The lowest BCUT2D eigenvalue weighted by molar-refractivity contribution is 0.0242. The molecule has 1 atom stereocenters. The Hall–Kier alpha value is -1.82. The number of benzene rings is 1. The molecular formula is C18H23N3O2S. The molecule has 2 aromatic rings. The van der Waals surface area contributed by atoms with Gasteiger partial charge in [-0.3, -0.25) is 4.98 Å². The highest BCUT2D eigenvalue weighted by Crippen LogP contribution is 2.26. The molecule has 128 valence electrons. The first-order chi connectivity index (χ1) is 11.4. The van der Waals surface area contributed by atoms with Crippen molar-refractivity contribution >= 4 is 28.9 Å². The van der Waals surface area contributed by atoms with E-state index in [1.165, 1.54) is 0 Å². The number of amides is 1. The summed E-state index contributed by atoms with van der Waals surface area (Å²) in [7, 11) is 0. The van der Waals surface area contributed by atoms with Gasteiger partial charge in [-0.2, -0.15) is 0 Å². The molecule has 0 radical (unpaired) electrons. The lowest BCUT2D eigenvalue weighted by Gasteiger charge is -2.28. The average molecular weight is 345 g/mol. The van der Waals surface area contributed by atoms with Gasteiger partial charge in [0.2, 0.25) is 0 Å². The quantitative estimate of drug-likeness (QED) is 0.783. The van der Waals surface area contributed by atoms with E-state index in [0.717, 1.165) is 41.2 Å². The largest absolute Gasteiger partial charge is 0.444 e. The van der Waals surface area contributed by atoms with Crippen molar-refractivity contribution in [2.45, 2.75) is 50.3 Å². The Morgan fingerprint density at radius 1 is 1.33 bits per heavy atom. The van der Waals surface area contributed by atoms with Crippen LogP contribution in [-0.4, -0.2) is 44.9 Å². The van der Waals surface area contributed by atoms with Gasteiger partial charge in [-0.1, -0.05) is 12.1 Å². The summed E-state index contributed by atoms with van der Waals surface area (Å²) in [6.45, 7) is 6.46. The highest BCUT2D eigenvalue weighted by molar-refractivity contribution is 7.99. The van der Waals surface area contributed by atoms with Crippen LogP contribution in [0.25, 0.3) is 11.0 Å². The zero-order valence-corrected chi connectivity index (χ0v) is 15.2. The maximum absolute atomic E-state index is 12.3. The number of carbonyl (C=O) groups excluding carboxylic acids is 1. The second-order valence-corrected chi connectivity index (χ2v) is 8.02. The number of ether oxygens (including phenoxy) is 1. The summed E-state index contributed by atoms with van der Waals surface area (Å²) in [4.78, 5) is 23.2. The lowest BCUT2D eigenvalue weighted by atomic mass is 10.2. The third-order valence-corrected chi connectivity index (χ3v) is 4.90. The maximum atomic E-state index is 12.3. The molecule has 1 aromatic heterocycles. The number of carbonyl (C=O) groups is 1. The van der Waals surface area contributed by atoms with Crippen LogP contribution in [0.1, 0.15) is 33.6 Å². The predicted molar refractivity (Wildman–Crippen MR) is 96.2 cm³/mol. The fourth-order valence-electron chi connectivity index (χ4n) is 2.76. The summed E-state index contributed by atoms with van der Waals surface area (Å²) in [5.41, 5.74) is 1.34. The zero-order valence-electron chi connectivity index (χ0n) is 14.4.